The monoisotopic (exact) mass is 299 g/mol. The molecule has 1 aromatic rings. The molecule has 0 saturated heterocycles. The van der Waals surface area contributed by atoms with E-state index in [1.807, 2.05) is 30.3 Å². The molecule has 0 radical (unpaired) electrons. The number of alkyl halides is 1. The van der Waals surface area contributed by atoms with Crippen molar-refractivity contribution in [3.05, 3.63) is 30.3 Å². The number of hydrogen-bond acceptors (Lipinski definition) is 2. The average Bonchev–Trinajstić information content (AvgIpc) is 2.29. The van der Waals surface area contributed by atoms with Crippen LogP contribution in [0.4, 0.5) is 0 Å². The number of ether oxygens (including phenoxy) is 1. The van der Waals surface area contributed by atoms with Gasteiger partial charge in [0.05, 0.1) is 6.61 Å². The third-order valence-corrected chi connectivity index (χ3v) is 2.88. The van der Waals surface area contributed by atoms with Gasteiger partial charge < -0.3 is 10.1 Å². The highest BCUT2D eigenvalue weighted by Crippen LogP contribution is 2.08. The maximum atomic E-state index is 5.62. The highest BCUT2D eigenvalue weighted by molar-refractivity contribution is 9.09. The lowest BCUT2D eigenvalue weighted by molar-refractivity contribution is 0.305. The largest absolute Gasteiger partial charge is 0.494 e. The van der Waals surface area contributed by atoms with E-state index in [-0.39, 0.29) is 0 Å². The van der Waals surface area contributed by atoms with Gasteiger partial charge in [0.1, 0.15) is 5.75 Å². The Bertz CT molecular complexity index is 290. The lowest BCUT2D eigenvalue weighted by Crippen LogP contribution is -2.29. The van der Waals surface area contributed by atoms with Gasteiger partial charge in [-0.2, -0.15) is 0 Å². The van der Waals surface area contributed by atoms with Gasteiger partial charge in [0.25, 0.3) is 0 Å². The van der Waals surface area contributed by atoms with Crippen molar-refractivity contribution in [3.63, 3.8) is 0 Å². The zero-order valence-electron chi connectivity index (χ0n) is 10.7. The molecule has 0 aliphatic heterocycles. The number of rotatable bonds is 8. The van der Waals surface area contributed by atoms with Crippen molar-refractivity contribution < 1.29 is 4.74 Å². The molecule has 17 heavy (non-hydrogen) atoms. The van der Waals surface area contributed by atoms with E-state index < -0.39 is 0 Å². The quantitative estimate of drug-likeness (QED) is 0.585. The Hall–Kier alpha value is -0.540. The Balaban J connectivity index is 2.01. The summed E-state index contributed by atoms with van der Waals surface area (Å²) in [6, 6.07) is 10.5. The van der Waals surface area contributed by atoms with Gasteiger partial charge in [-0.15, -0.1) is 0 Å². The molecule has 96 valence electrons. The predicted molar refractivity (Wildman–Crippen MR) is 77.0 cm³/mol. The minimum Gasteiger partial charge on any atom is -0.494 e. The lowest BCUT2D eigenvalue weighted by atomic mass is 10.2. The molecule has 0 aliphatic carbocycles. The van der Waals surface area contributed by atoms with Gasteiger partial charge in [0, 0.05) is 10.9 Å². The van der Waals surface area contributed by atoms with Crippen LogP contribution in [0.25, 0.3) is 0 Å². The molecule has 0 heterocycles. The van der Waals surface area contributed by atoms with E-state index in [4.69, 9.17) is 4.74 Å². The van der Waals surface area contributed by atoms with Gasteiger partial charge in [0.15, 0.2) is 0 Å². The van der Waals surface area contributed by atoms with E-state index in [9.17, 15) is 0 Å². The second-order valence-electron chi connectivity index (χ2n) is 4.39. The fourth-order valence-electron chi connectivity index (χ4n) is 1.70. The maximum Gasteiger partial charge on any atom is 0.119 e. The Labute approximate surface area is 113 Å². The van der Waals surface area contributed by atoms with Crippen LogP contribution >= 0.6 is 15.9 Å². The van der Waals surface area contributed by atoms with Crippen LogP contribution in [0, 0.1) is 0 Å². The molecule has 2 atom stereocenters. The summed E-state index contributed by atoms with van der Waals surface area (Å²) < 4.78 is 5.62. The molecular weight excluding hydrogens is 278 g/mol. The van der Waals surface area contributed by atoms with Gasteiger partial charge >= 0.3 is 0 Å². The van der Waals surface area contributed by atoms with Crippen LogP contribution in [0.15, 0.2) is 30.3 Å². The highest BCUT2D eigenvalue weighted by Gasteiger charge is 2.04. The molecule has 1 rings (SSSR count). The zero-order chi connectivity index (χ0) is 12.5. The molecule has 3 heteroatoms. The van der Waals surface area contributed by atoms with Gasteiger partial charge in [-0.05, 0) is 38.4 Å². The Morgan fingerprint density at radius 1 is 1.24 bits per heavy atom. The molecule has 0 saturated carbocycles. The maximum absolute atomic E-state index is 5.62. The smallest absolute Gasteiger partial charge is 0.119 e. The average molecular weight is 300 g/mol. The summed E-state index contributed by atoms with van der Waals surface area (Å²) in [5.41, 5.74) is 0. The Kier molecular flexibility index (Phi) is 7.29. The number of para-hydroxylation sites is 1. The van der Waals surface area contributed by atoms with E-state index in [1.54, 1.807) is 0 Å². The molecule has 1 aromatic carbocycles. The summed E-state index contributed by atoms with van der Waals surface area (Å²) in [7, 11) is 0. The van der Waals surface area contributed by atoms with Crippen molar-refractivity contribution in [2.45, 2.75) is 37.6 Å². The molecular formula is C14H22BrNO. The molecule has 0 aromatic heterocycles. The van der Waals surface area contributed by atoms with Crippen LogP contribution in [0.3, 0.4) is 0 Å². The van der Waals surface area contributed by atoms with E-state index in [1.165, 1.54) is 0 Å². The van der Waals surface area contributed by atoms with Gasteiger partial charge in [-0.1, -0.05) is 41.1 Å². The first-order valence-corrected chi connectivity index (χ1v) is 7.15. The van der Waals surface area contributed by atoms with Gasteiger partial charge in [-0.25, -0.2) is 0 Å². The third-order valence-electron chi connectivity index (χ3n) is 2.50. The third kappa shape index (κ3) is 7.40. The van der Waals surface area contributed by atoms with Crippen molar-refractivity contribution in [1.29, 1.82) is 0 Å². The molecule has 2 unspecified atom stereocenters. The van der Waals surface area contributed by atoms with Crippen molar-refractivity contribution >= 4 is 15.9 Å². The number of nitrogens with one attached hydrogen (secondary N) is 1. The topological polar surface area (TPSA) is 21.3 Å². The van der Waals surface area contributed by atoms with E-state index in [0.717, 1.165) is 31.7 Å². The van der Waals surface area contributed by atoms with E-state index in [2.05, 4.69) is 35.1 Å². The summed E-state index contributed by atoms with van der Waals surface area (Å²) in [5.74, 6) is 0.953. The van der Waals surface area contributed by atoms with Crippen LogP contribution in [0.1, 0.15) is 26.7 Å². The molecule has 0 bridgehead atoms. The first kappa shape index (κ1) is 14.5. The van der Waals surface area contributed by atoms with Crippen LogP contribution < -0.4 is 10.1 Å². The predicted octanol–water partition coefficient (Wildman–Crippen LogP) is 3.61. The highest BCUT2D eigenvalue weighted by atomic mass is 79.9. The van der Waals surface area contributed by atoms with Crippen molar-refractivity contribution in [1.82, 2.24) is 5.32 Å². The summed E-state index contributed by atoms with van der Waals surface area (Å²) in [6.45, 7) is 6.17. The van der Waals surface area contributed by atoms with Crippen molar-refractivity contribution in [3.8, 4) is 5.75 Å². The fourth-order valence-corrected chi connectivity index (χ4v) is 2.26. The molecule has 0 amide bonds. The number of halogens is 1. The van der Waals surface area contributed by atoms with Crippen LogP contribution in [-0.4, -0.2) is 24.0 Å². The molecule has 0 aliphatic rings. The van der Waals surface area contributed by atoms with Gasteiger partial charge in [0.2, 0.25) is 0 Å². The minimum atomic E-state index is 0.557. The summed E-state index contributed by atoms with van der Waals surface area (Å²) >= 11 is 3.56. The first-order valence-electron chi connectivity index (χ1n) is 6.24. The zero-order valence-corrected chi connectivity index (χ0v) is 12.2. The molecule has 0 spiro atoms. The first-order chi connectivity index (χ1) is 8.18. The lowest BCUT2D eigenvalue weighted by Gasteiger charge is -2.15. The summed E-state index contributed by atoms with van der Waals surface area (Å²) in [5, 5.41) is 3.49. The number of hydrogen-bond donors (Lipinski definition) is 1. The molecule has 0 fully saturated rings. The number of benzene rings is 1. The Morgan fingerprint density at radius 2 is 1.94 bits per heavy atom. The van der Waals surface area contributed by atoms with Gasteiger partial charge in [-0.3, -0.25) is 0 Å². The Morgan fingerprint density at radius 3 is 2.59 bits per heavy atom. The second-order valence-corrected chi connectivity index (χ2v) is 5.95. The van der Waals surface area contributed by atoms with Crippen LogP contribution in [-0.2, 0) is 0 Å². The SMILES string of the molecule is CC(Br)CC(C)NCCCOc1ccccc1. The fraction of sp³-hybridized carbons (Fsp3) is 0.571. The van der Waals surface area contributed by atoms with Crippen molar-refractivity contribution in [2.24, 2.45) is 0 Å². The standard InChI is InChI=1S/C14H22BrNO/c1-12(15)11-13(2)16-9-6-10-17-14-7-4-3-5-8-14/h3-5,7-8,12-13,16H,6,9-11H2,1-2H3. The van der Waals surface area contributed by atoms with Crippen LogP contribution in [0.5, 0.6) is 5.75 Å². The summed E-state index contributed by atoms with van der Waals surface area (Å²) in [6.07, 6.45) is 2.19. The molecule has 1 N–H and O–H groups in total. The second kappa shape index (κ2) is 8.54. The molecule has 2 nitrogen and oxygen atoms in total. The van der Waals surface area contributed by atoms with E-state index in [0.29, 0.717) is 10.9 Å². The van der Waals surface area contributed by atoms with E-state index >= 15 is 0 Å². The normalized spacial score (nSPS) is 14.3. The summed E-state index contributed by atoms with van der Waals surface area (Å²) in [4.78, 5) is 0.575. The minimum absolute atomic E-state index is 0.557. The van der Waals surface area contributed by atoms with Crippen molar-refractivity contribution in [2.75, 3.05) is 13.2 Å². The van der Waals surface area contributed by atoms with Crippen LogP contribution in [0.2, 0.25) is 0 Å².